The molecule has 4 fully saturated rings. The summed E-state index contributed by atoms with van der Waals surface area (Å²) in [7, 11) is 0. The predicted molar refractivity (Wildman–Crippen MR) is 174 cm³/mol. The van der Waals surface area contributed by atoms with Crippen LogP contribution in [-0.4, -0.2) is 63.2 Å². The van der Waals surface area contributed by atoms with E-state index in [4.69, 9.17) is 25.1 Å². The molecule has 2 aromatic carbocycles. The van der Waals surface area contributed by atoms with Gasteiger partial charge in [-0.3, -0.25) is 9.59 Å². The summed E-state index contributed by atoms with van der Waals surface area (Å²) in [6, 6.07) is 13.1. The molecule has 1 heterocycles. The van der Waals surface area contributed by atoms with Gasteiger partial charge in [-0.2, -0.15) is 0 Å². The minimum absolute atomic E-state index is 0.0239. The molecule has 3 saturated carbocycles. The van der Waals surface area contributed by atoms with Crippen LogP contribution in [0.1, 0.15) is 68.1 Å². The SMILES string of the molecule is C[C@]12C=CC(=O)C=C1CC[C@@H]1[C@@H]2[C@@H](O)C[C@@]2(C)[C@H]1C[C@H]1O[C@@H](c3cccc(Cc4ccc(CO)c(N)c4)c3)O[C@]12C(=O)COC(=O)C(=O)O. The van der Waals surface area contributed by atoms with Gasteiger partial charge in [-0.25, -0.2) is 9.59 Å². The minimum Gasteiger partial charge on any atom is -0.473 e. The lowest BCUT2D eigenvalue weighted by atomic mass is 9.46. The molecule has 0 unspecified atom stereocenters. The van der Waals surface area contributed by atoms with Crippen LogP contribution in [0.25, 0.3) is 0 Å². The Balaban J connectivity index is 1.21. The number of ketones is 2. The molecule has 11 nitrogen and oxygen atoms in total. The second-order valence-electron chi connectivity index (χ2n) is 14.7. The van der Waals surface area contributed by atoms with E-state index in [1.165, 1.54) is 0 Å². The van der Waals surface area contributed by atoms with Crippen molar-refractivity contribution >= 4 is 29.2 Å². The maximum atomic E-state index is 14.4. The summed E-state index contributed by atoms with van der Waals surface area (Å²) in [5.74, 6) is -4.35. The van der Waals surface area contributed by atoms with Gasteiger partial charge in [0.1, 0.15) is 0 Å². The lowest BCUT2D eigenvalue weighted by Crippen LogP contribution is -2.63. The number of aliphatic carboxylic acids is 1. The summed E-state index contributed by atoms with van der Waals surface area (Å²) in [5.41, 5.74) is 7.72. The van der Waals surface area contributed by atoms with E-state index in [9.17, 15) is 29.4 Å². The molecule has 5 aliphatic rings. The third kappa shape index (κ3) is 5.17. The van der Waals surface area contributed by atoms with Crippen molar-refractivity contribution in [2.45, 2.75) is 76.7 Å². The van der Waals surface area contributed by atoms with E-state index in [1.54, 1.807) is 18.2 Å². The van der Waals surface area contributed by atoms with E-state index in [2.05, 4.69) is 6.92 Å². The zero-order chi connectivity index (χ0) is 34.9. The average molecular weight is 672 g/mol. The number of Topliss-reactive ketones (excluding diaryl/α,β-unsaturated/α-hetero) is 1. The Hall–Kier alpha value is -4.16. The van der Waals surface area contributed by atoms with Gasteiger partial charge in [-0.1, -0.05) is 61.9 Å². The summed E-state index contributed by atoms with van der Waals surface area (Å²) in [6.45, 7) is 3.04. The number of hydrogen-bond acceptors (Lipinski definition) is 10. The molecule has 1 aliphatic heterocycles. The number of fused-ring (bicyclic) bond motifs is 7. The number of aliphatic hydroxyl groups excluding tert-OH is 2. The minimum atomic E-state index is -1.81. The van der Waals surface area contributed by atoms with Crippen molar-refractivity contribution in [3.63, 3.8) is 0 Å². The first-order chi connectivity index (χ1) is 23.3. The second-order valence-corrected chi connectivity index (χ2v) is 14.7. The molecule has 0 bridgehead atoms. The van der Waals surface area contributed by atoms with Crippen molar-refractivity contribution in [2.75, 3.05) is 12.3 Å². The van der Waals surface area contributed by atoms with Gasteiger partial charge >= 0.3 is 11.9 Å². The van der Waals surface area contributed by atoms with Crippen LogP contribution in [0.3, 0.4) is 0 Å². The van der Waals surface area contributed by atoms with Gasteiger partial charge in [0.15, 0.2) is 24.3 Å². The van der Waals surface area contributed by atoms with Crippen molar-refractivity contribution in [2.24, 2.45) is 28.6 Å². The molecule has 258 valence electrons. The number of carboxylic acids is 1. The van der Waals surface area contributed by atoms with Crippen LogP contribution in [0.5, 0.6) is 0 Å². The first-order valence-electron chi connectivity index (χ1n) is 16.8. The monoisotopic (exact) mass is 671 g/mol. The summed E-state index contributed by atoms with van der Waals surface area (Å²) >= 11 is 0. The van der Waals surface area contributed by atoms with Gasteiger partial charge in [0.2, 0.25) is 5.78 Å². The van der Waals surface area contributed by atoms with Gasteiger partial charge in [0.05, 0.1) is 18.8 Å². The Morgan fingerprint density at radius 1 is 1.10 bits per heavy atom. The van der Waals surface area contributed by atoms with Gasteiger partial charge in [-0.05, 0) is 73.3 Å². The molecule has 2 aromatic rings. The van der Waals surface area contributed by atoms with E-state index < -0.39 is 59.3 Å². The zero-order valence-electron chi connectivity index (χ0n) is 27.5. The van der Waals surface area contributed by atoms with Crippen LogP contribution in [0, 0.1) is 28.6 Å². The first-order valence-corrected chi connectivity index (χ1v) is 16.8. The molecule has 0 aromatic heterocycles. The quantitative estimate of drug-likeness (QED) is 0.192. The predicted octanol–water partition coefficient (Wildman–Crippen LogP) is 3.59. The lowest BCUT2D eigenvalue weighted by Gasteiger charge is -2.59. The molecule has 1 saturated heterocycles. The van der Waals surface area contributed by atoms with Gasteiger partial charge in [-0.15, -0.1) is 0 Å². The molecule has 11 heteroatoms. The fourth-order valence-corrected chi connectivity index (χ4v) is 10.0. The summed E-state index contributed by atoms with van der Waals surface area (Å²) < 4.78 is 18.3. The molecule has 7 rings (SSSR count). The summed E-state index contributed by atoms with van der Waals surface area (Å²) in [5, 5.41) is 30.6. The maximum Gasteiger partial charge on any atom is 0.417 e. The van der Waals surface area contributed by atoms with Gasteiger partial charge < -0.3 is 35.3 Å². The number of nitrogens with two attached hydrogens (primary N) is 1. The maximum absolute atomic E-state index is 14.4. The molecule has 0 amide bonds. The van der Waals surface area contributed by atoms with Crippen molar-refractivity contribution in [1.29, 1.82) is 0 Å². The highest BCUT2D eigenvalue weighted by Crippen LogP contribution is 2.70. The summed E-state index contributed by atoms with van der Waals surface area (Å²) in [6.07, 6.45) is 5.20. The Morgan fingerprint density at radius 2 is 1.88 bits per heavy atom. The van der Waals surface area contributed by atoms with Crippen LogP contribution in [-0.2, 0) is 46.4 Å². The third-order valence-electron chi connectivity index (χ3n) is 12.2. The Kier molecular flexibility index (Phi) is 8.17. The van der Waals surface area contributed by atoms with Crippen molar-refractivity contribution in [3.8, 4) is 0 Å². The first kappa shape index (κ1) is 33.3. The number of esters is 1. The standard InChI is InChI=1S/C38H41NO10/c1-36-11-10-25(41)15-24(36)8-9-26-27-16-31-38(30(43)19-47-34(46)33(44)45,37(27,2)17-29(42)32(26)36)49-35(48-31)22-5-3-4-20(13-22)12-21-6-7-23(18-40)28(39)14-21/h3-7,10-11,13-15,26-27,29,31-32,35,40,42H,8-9,12,16-19,39H2,1-2H3,(H,44,45)/t26-,27-,29-,31+,32+,35+,36-,37-,38+/m0/s1. The molecule has 9 atom stereocenters. The Bertz CT molecular complexity index is 1800. The van der Waals surface area contributed by atoms with E-state index in [1.807, 2.05) is 49.4 Å². The van der Waals surface area contributed by atoms with E-state index >= 15 is 0 Å². The fourth-order valence-electron chi connectivity index (χ4n) is 10.0. The van der Waals surface area contributed by atoms with Crippen molar-refractivity contribution < 1.29 is 48.7 Å². The highest BCUT2D eigenvalue weighted by molar-refractivity contribution is 6.28. The van der Waals surface area contributed by atoms with Gasteiger partial charge in [0, 0.05) is 33.6 Å². The Labute approximate surface area is 283 Å². The lowest BCUT2D eigenvalue weighted by molar-refractivity contribution is -0.202. The van der Waals surface area contributed by atoms with Crippen LogP contribution < -0.4 is 5.73 Å². The fraction of sp³-hybridized carbons (Fsp3) is 0.474. The van der Waals surface area contributed by atoms with Crippen LogP contribution in [0.4, 0.5) is 5.69 Å². The highest BCUT2D eigenvalue weighted by atomic mass is 16.7. The molecule has 5 N–H and O–H groups in total. The number of carboxylic acid groups (broad SMARTS) is 1. The largest absolute Gasteiger partial charge is 0.473 e. The topological polar surface area (TPSA) is 183 Å². The zero-order valence-corrected chi connectivity index (χ0v) is 27.5. The summed E-state index contributed by atoms with van der Waals surface area (Å²) in [4.78, 5) is 49.8. The van der Waals surface area contributed by atoms with E-state index in [0.29, 0.717) is 42.5 Å². The molecule has 0 spiro atoms. The number of nitrogen functional groups attached to an aromatic ring is 1. The number of hydrogen-bond donors (Lipinski definition) is 4. The number of carbonyl (C=O) groups excluding carboxylic acids is 3. The molecular formula is C38H41NO10. The highest BCUT2D eigenvalue weighted by Gasteiger charge is 2.76. The van der Waals surface area contributed by atoms with Crippen LogP contribution >= 0.6 is 0 Å². The molecular weight excluding hydrogens is 630 g/mol. The molecule has 49 heavy (non-hydrogen) atoms. The van der Waals surface area contributed by atoms with Gasteiger partial charge in [0.25, 0.3) is 0 Å². The van der Waals surface area contributed by atoms with E-state index in [-0.39, 0.29) is 36.6 Å². The number of carbonyl (C=O) groups is 4. The Morgan fingerprint density at radius 3 is 2.61 bits per heavy atom. The number of benzene rings is 2. The smallest absolute Gasteiger partial charge is 0.417 e. The number of anilines is 1. The molecule has 4 aliphatic carbocycles. The van der Waals surface area contributed by atoms with Crippen molar-refractivity contribution in [3.05, 3.63) is 88.5 Å². The van der Waals surface area contributed by atoms with Crippen molar-refractivity contribution in [1.82, 2.24) is 0 Å². The molecule has 0 radical (unpaired) electrons. The third-order valence-corrected chi connectivity index (χ3v) is 12.2. The average Bonchev–Trinajstić information content (AvgIpc) is 3.57. The second kappa shape index (κ2) is 12.0. The number of aliphatic hydroxyl groups is 2. The van der Waals surface area contributed by atoms with Crippen LogP contribution in [0.2, 0.25) is 0 Å². The number of rotatable bonds is 7. The normalized spacial score (nSPS) is 35.8. The van der Waals surface area contributed by atoms with E-state index in [0.717, 1.165) is 16.7 Å². The number of ether oxygens (including phenoxy) is 3. The number of allylic oxidation sites excluding steroid dienone is 4. The van der Waals surface area contributed by atoms with Crippen LogP contribution in [0.15, 0.2) is 66.3 Å².